The van der Waals surface area contributed by atoms with Crippen LogP contribution < -0.4 is 0 Å². The first-order valence-electron chi connectivity index (χ1n) is 18.8. The molecule has 2 heteroatoms. The van der Waals surface area contributed by atoms with Crippen LogP contribution in [0.5, 0.6) is 0 Å². The maximum atomic E-state index is 6.60. The minimum atomic E-state index is 0.876. The highest BCUT2D eigenvalue weighted by Crippen LogP contribution is 2.46. The summed E-state index contributed by atoms with van der Waals surface area (Å²) in [6.45, 7) is 6.11. The minimum Gasteiger partial charge on any atom is -0.456 e. The highest BCUT2D eigenvalue weighted by atomic mass is 32.1. The number of fused-ring (bicyclic) bond motifs is 10. The monoisotopic (exact) mass is 718 g/mol. The maximum Gasteiger partial charge on any atom is 0.136 e. The second kappa shape index (κ2) is 12.4. The van der Waals surface area contributed by atoms with Crippen LogP contribution in [0.1, 0.15) is 18.1 Å². The third-order valence-electron chi connectivity index (χ3n) is 11.3. The van der Waals surface area contributed by atoms with Crippen molar-refractivity contribution in [1.29, 1.82) is 0 Å². The third-order valence-corrected chi connectivity index (χ3v) is 12.5. The smallest absolute Gasteiger partial charge is 0.136 e. The molecule has 0 aliphatic rings. The van der Waals surface area contributed by atoms with E-state index >= 15 is 0 Å². The predicted octanol–water partition coefficient (Wildman–Crippen LogP) is 16.1. The van der Waals surface area contributed by atoms with Crippen molar-refractivity contribution in [3.63, 3.8) is 0 Å². The number of hydrogen-bond donors (Lipinski definition) is 0. The van der Waals surface area contributed by atoms with Gasteiger partial charge in [0.25, 0.3) is 0 Å². The highest BCUT2D eigenvalue weighted by molar-refractivity contribution is 7.25. The van der Waals surface area contributed by atoms with Crippen molar-refractivity contribution >= 4 is 97.9 Å². The first-order chi connectivity index (χ1) is 27.2. The molecule has 11 rings (SSSR count). The van der Waals surface area contributed by atoms with E-state index in [4.69, 9.17) is 4.42 Å². The molecule has 0 radical (unpaired) electrons. The number of thiophene rings is 1. The standard InChI is InChI=1S/C53H34OS/c1-3-13-35-28-46-47(30-32(35)4-2)54-48-31-44(37-14-5-6-16-39(37)53(46)48)33-22-24-34(25-23-33)51-40-17-7-9-19-42(40)52(43-20-10-8-18-41(43)51)36-26-27-50-45(29-36)38-15-11-12-21-49(38)55-50/h3-31H,2H2,1H3/b13-3-. The second-order valence-corrected chi connectivity index (χ2v) is 15.4. The fraction of sp³-hybridized carbons (Fsp3) is 0.0189. The van der Waals surface area contributed by atoms with Crippen LogP contribution in [0, 0.1) is 0 Å². The lowest BCUT2D eigenvalue weighted by Crippen LogP contribution is -1.91. The van der Waals surface area contributed by atoms with Gasteiger partial charge in [-0.1, -0.05) is 146 Å². The normalized spacial score (nSPS) is 12.1. The van der Waals surface area contributed by atoms with E-state index in [0.717, 1.165) is 44.2 Å². The Balaban J connectivity index is 1.09. The Bertz CT molecular complexity index is 3330. The summed E-state index contributed by atoms with van der Waals surface area (Å²) in [5.74, 6) is 0. The van der Waals surface area contributed by atoms with Crippen LogP contribution in [-0.4, -0.2) is 0 Å². The van der Waals surface area contributed by atoms with Crippen molar-refractivity contribution in [1.82, 2.24) is 0 Å². The van der Waals surface area contributed by atoms with E-state index in [1.54, 1.807) is 0 Å². The van der Waals surface area contributed by atoms with Crippen molar-refractivity contribution in [2.45, 2.75) is 6.92 Å². The lowest BCUT2D eigenvalue weighted by molar-refractivity contribution is 0.669. The van der Waals surface area contributed by atoms with Gasteiger partial charge >= 0.3 is 0 Å². The van der Waals surface area contributed by atoms with Gasteiger partial charge in [-0.2, -0.15) is 0 Å². The molecule has 0 fully saturated rings. The SMILES string of the molecule is C=Cc1cc2oc3cc(-c4ccc(-c5c6ccccc6c(-c6ccc7sc8ccccc8c7c6)c6ccccc56)cc4)c4ccccc4c3c2cc1/C=C\C. The van der Waals surface area contributed by atoms with E-state index in [1.165, 1.54) is 74.7 Å². The molecule has 9 aromatic carbocycles. The van der Waals surface area contributed by atoms with E-state index in [0.29, 0.717) is 0 Å². The summed E-state index contributed by atoms with van der Waals surface area (Å²) >= 11 is 1.87. The molecule has 0 amide bonds. The van der Waals surface area contributed by atoms with Gasteiger partial charge in [-0.3, -0.25) is 0 Å². The molecular weight excluding hydrogens is 685 g/mol. The molecule has 0 bridgehead atoms. The molecule has 2 aromatic heterocycles. The van der Waals surface area contributed by atoms with E-state index in [1.807, 2.05) is 24.3 Å². The molecule has 0 aliphatic heterocycles. The molecule has 1 nitrogen and oxygen atoms in total. The Labute approximate surface area is 322 Å². The van der Waals surface area contributed by atoms with Crippen molar-refractivity contribution in [3.05, 3.63) is 182 Å². The summed E-state index contributed by atoms with van der Waals surface area (Å²) in [5.41, 5.74) is 11.3. The lowest BCUT2D eigenvalue weighted by Gasteiger charge is -2.18. The van der Waals surface area contributed by atoms with Crippen LogP contribution in [0.15, 0.2) is 175 Å². The van der Waals surface area contributed by atoms with Gasteiger partial charge in [-0.15, -0.1) is 11.3 Å². The first kappa shape index (κ1) is 31.8. The predicted molar refractivity (Wildman–Crippen MR) is 240 cm³/mol. The van der Waals surface area contributed by atoms with Crippen LogP contribution in [0.4, 0.5) is 0 Å². The first-order valence-corrected chi connectivity index (χ1v) is 19.6. The Hall–Kier alpha value is -6.74. The lowest BCUT2D eigenvalue weighted by atomic mass is 9.85. The van der Waals surface area contributed by atoms with Crippen LogP contribution in [0.3, 0.4) is 0 Å². The molecule has 0 aliphatic carbocycles. The fourth-order valence-corrected chi connectivity index (χ4v) is 9.99. The average molecular weight is 719 g/mol. The zero-order valence-electron chi connectivity index (χ0n) is 30.3. The summed E-state index contributed by atoms with van der Waals surface area (Å²) in [6.07, 6.45) is 6.11. The molecule has 0 atom stereocenters. The van der Waals surface area contributed by atoms with Crippen molar-refractivity contribution < 1.29 is 4.42 Å². The summed E-state index contributed by atoms with van der Waals surface area (Å²) in [6, 6.07) is 58.0. The summed E-state index contributed by atoms with van der Waals surface area (Å²) in [5, 5.41) is 12.3. The zero-order chi connectivity index (χ0) is 36.6. The second-order valence-electron chi connectivity index (χ2n) is 14.4. The molecule has 0 unspecified atom stereocenters. The van der Waals surface area contributed by atoms with Crippen molar-refractivity contribution in [2.24, 2.45) is 0 Å². The molecule has 0 saturated carbocycles. The van der Waals surface area contributed by atoms with Gasteiger partial charge in [0, 0.05) is 30.9 Å². The Morgan fingerprint density at radius 2 is 1.02 bits per heavy atom. The van der Waals surface area contributed by atoms with Gasteiger partial charge in [-0.05, 0) is 120 Å². The summed E-state index contributed by atoms with van der Waals surface area (Å²) < 4.78 is 9.25. The van der Waals surface area contributed by atoms with Crippen LogP contribution in [-0.2, 0) is 0 Å². The third kappa shape index (κ3) is 4.85. The van der Waals surface area contributed by atoms with Crippen molar-refractivity contribution in [3.8, 4) is 33.4 Å². The molecule has 11 aromatic rings. The zero-order valence-corrected chi connectivity index (χ0v) is 31.1. The minimum absolute atomic E-state index is 0.876. The van der Waals surface area contributed by atoms with Gasteiger partial charge < -0.3 is 4.42 Å². The number of rotatable bonds is 5. The van der Waals surface area contributed by atoms with Gasteiger partial charge in [0.15, 0.2) is 0 Å². The number of allylic oxidation sites excluding steroid dienone is 1. The molecule has 0 spiro atoms. The molecule has 55 heavy (non-hydrogen) atoms. The van der Waals surface area contributed by atoms with Gasteiger partial charge in [0.1, 0.15) is 11.2 Å². The molecular formula is C53H34OS. The van der Waals surface area contributed by atoms with Gasteiger partial charge in [0.05, 0.1) is 0 Å². The molecule has 2 heterocycles. The van der Waals surface area contributed by atoms with Gasteiger partial charge in [-0.25, -0.2) is 0 Å². The summed E-state index contributed by atoms with van der Waals surface area (Å²) in [4.78, 5) is 0. The number of hydrogen-bond acceptors (Lipinski definition) is 2. The largest absolute Gasteiger partial charge is 0.456 e. The topological polar surface area (TPSA) is 13.1 Å². The highest BCUT2D eigenvalue weighted by Gasteiger charge is 2.19. The summed E-state index contributed by atoms with van der Waals surface area (Å²) in [7, 11) is 0. The van der Waals surface area contributed by atoms with Gasteiger partial charge in [0.2, 0.25) is 0 Å². The molecule has 0 N–H and O–H groups in total. The average Bonchev–Trinajstić information content (AvgIpc) is 3.80. The molecule has 258 valence electrons. The quantitative estimate of drug-likeness (QED) is 0.162. The van der Waals surface area contributed by atoms with E-state index in [2.05, 4.69) is 176 Å². The fourth-order valence-electron chi connectivity index (χ4n) is 8.91. The van der Waals surface area contributed by atoms with E-state index < -0.39 is 0 Å². The Morgan fingerprint density at radius 3 is 1.69 bits per heavy atom. The maximum absolute atomic E-state index is 6.60. The number of furan rings is 1. The Kier molecular flexibility index (Phi) is 7.17. The number of benzene rings is 9. The van der Waals surface area contributed by atoms with Crippen LogP contribution in [0.25, 0.3) is 120 Å². The molecule has 0 saturated heterocycles. The van der Waals surface area contributed by atoms with E-state index in [9.17, 15) is 0 Å². The Morgan fingerprint density at radius 1 is 0.455 bits per heavy atom. The van der Waals surface area contributed by atoms with Crippen LogP contribution in [0.2, 0.25) is 0 Å². The van der Waals surface area contributed by atoms with E-state index in [-0.39, 0.29) is 0 Å². The van der Waals surface area contributed by atoms with Crippen molar-refractivity contribution in [2.75, 3.05) is 0 Å². The van der Waals surface area contributed by atoms with Crippen LogP contribution >= 0.6 is 11.3 Å².